The molecule has 1 rings (SSSR count). The highest BCUT2D eigenvalue weighted by Gasteiger charge is 2.05. The highest BCUT2D eigenvalue weighted by atomic mass is 16.5. The van der Waals surface area contributed by atoms with Crippen molar-refractivity contribution >= 4 is 12.0 Å². The lowest BCUT2D eigenvalue weighted by atomic mass is 10.0. The van der Waals surface area contributed by atoms with Gasteiger partial charge in [-0.05, 0) is 43.0 Å². The van der Waals surface area contributed by atoms with E-state index in [1.165, 1.54) is 18.9 Å². The van der Waals surface area contributed by atoms with E-state index in [-0.39, 0.29) is 5.97 Å². The standard InChI is InChI=1S/C18H26O3/c1-4-7-15(5-2)14-21-17-11-8-16(9-12-17)10-13-18(19)20-6-3/h8-13,15H,4-7,14H2,1-3H3/b13-10+. The molecule has 3 heteroatoms. The van der Waals surface area contributed by atoms with E-state index in [1.54, 1.807) is 13.0 Å². The molecule has 1 atom stereocenters. The van der Waals surface area contributed by atoms with Crippen molar-refractivity contribution < 1.29 is 14.3 Å². The summed E-state index contributed by atoms with van der Waals surface area (Å²) >= 11 is 0. The molecule has 0 fully saturated rings. The Morgan fingerprint density at radius 1 is 1.19 bits per heavy atom. The summed E-state index contributed by atoms with van der Waals surface area (Å²) in [6.45, 7) is 7.36. The van der Waals surface area contributed by atoms with Crippen LogP contribution in [0.2, 0.25) is 0 Å². The highest BCUT2D eigenvalue weighted by Crippen LogP contribution is 2.17. The van der Waals surface area contributed by atoms with Crippen molar-refractivity contribution in [3.8, 4) is 5.75 Å². The topological polar surface area (TPSA) is 35.5 Å². The van der Waals surface area contributed by atoms with Gasteiger partial charge in [-0.1, -0.05) is 38.8 Å². The summed E-state index contributed by atoms with van der Waals surface area (Å²) in [4.78, 5) is 11.2. The Bertz CT molecular complexity index is 434. The first-order chi connectivity index (χ1) is 10.2. The Morgan fingerprint density at radius 3 is 2.48 bits per heavy atom. The number of hydrogen-bond acceptors (Lipinski definition) is 3. The third-order valence-electron chi connectivity index (χ3n) is 3.34. The van der Waals surface area contributed by atoms with Crippen LogP contribution in [-0.4, -0.2) is 19.2 Å². The van der Waals surface area contributed by atoms with Crippen LogP contribution in [0.4, 0.5) is 0 Å². The van der Waals surface area contributed by atoms with Gasteiger partial charge in [0.25, 0.3) is 0 Å². The van der Waals surface area contributed by atoms with Gasteiger partial charge in [0.05, 0.1) is 13.2 Å². The van der Waals surface area contributed by atoms with Gasteiger partial charge in [0.2, 0.25) is 0 Å². The molecule has 0 aliphatic heterocycles. The monoisotopic (exact) mass is 290 g/mol. The normalized spacial score (nSPS) is 12.3. The number of hydrogen-bond donors (Lipinski definition) is 0. The fraction of sp³-hybridized carbons (Fsp3) is 0.500. The molecule has 0 saturated carbocycles. The van der Waals surface area contributed by atoms with Crippen LogP contribution in [-0.2, 0) is 9.53 Å². The van der Waals surface area contributed by atoms with Crippen LogP contribution in [0.15, 0.2) is 30.3 Å². The largest absolute Gasteiger partial charge is 0.493 e. The molecule has 1 aromatic carbocycles. The predicted molar refractivity (Wildman–Crippen MR) is 86.3 cm³/mol. The van der Waals surface area contributed by atoms with Crippen LogP contribution < -0.4 is 4.74 Å². The Labute approximate surface area is 128 Å². The minimum Gasteiger partial charge on any atom is -0.493 e. The Kier molecular flexibility index (Phi) is 8.25. The average Bonchev–Trinajstić information content (AvgIpc) is 2.50. The summed E-state index contributed by atoms with van der Waals surface area (Å²) in [6.07, 6.45) is 6.73. The van der Waals surface area contributed by atoms with Crippen molar-refractivity contribution in [1.82, 2.24) is 0 Å². The van der Waals surface area contributed by atoms with Gasteiger partial charge in [0.1, 0.15) is 5.75 Å². The molecular weight excluding hydrogens is 264 g/mol. The van der Waals surface area contributed by atoms with Crippen LogP contribution in [0.5, 0.6) is 5.75 Å². The van der Waals surface area contributed by atoms with E-state index in [4.69, 9.17) is 9.47 Å². The Balaban J connectivity index is 2.48. The zero-order chi connectivity index (χ0) is 15.5. The maximum Gasteiger partial charge on any atom is 0.330 e. The molecule has 0 aromatic heterocycles. The minimum absolute atomic E-state index is 0.317. The molecule has 0 saturated heterocycles. The third-order valence-corrected chi connectivity index (χ3v) is 3.34. The molecule has 0 spiro atoms. The molecule has 1 unspecified atom stereocenters. The number of esters is 1. The highest BCUT2D eigenvalue weighted by molar-refractivity contribution is 5.87. The molecule has 0 N–H and O–H groups in total. The van der Waals surface area contributed by atoms with Gasteiger partial charge in [-0.3, -0.25) is 0 Å². The van der Waals surface area contributed by atoms with Gasteiger partial charge in [-0.15, -0.1) is 0 Å². The SMILES string of the molecule is CCCC(CC)COc1ccc(/C=C/C(=O)OCC)cc1. The van der Waals surface area contributed by atoms with E-state index >= 15 is 0 Å². The number of benzene rings is 1. The molecule has 0 heterocycles. The van der Waals surface area contributed by atoms with Gasteiger partial charge in [0.15, 0.2) is 0 Å². The second kappa shape index (κ2) is 10.0. The number of carbonyl (C=O) groups excluding carboxylic acids is 1. The number of carbonyl (C=O) groups is 1. The zero-order valence-electron chi connectivity index (χ0n) is 13.3. The summed E-state index contributed by atoms with van der Waals surface area (Å²) in [5.41, 5.74) is 0.955. The lowest BCUT2D eigenvalue weighted by molar-refractivity contribution is -0.137. The average molecular weight is 290 g/mol. The molecule has 0 aliphatic carbocycles. The van der Waals surface area contributed by atoms with Crippen molar-refractivity contribution in [2.75, 3.05) is 13.2 Å². The molecule has 0 radical (unpaired) electrons. The van der Waals surface area contributed by atoms with E-state index in [0.717, 1.165) is 24.3 Å². The molecule has 1 aromatic rings. The van der Waals surface area contributed by atoms with Crippen LogP contribution in [0.3, 0.4) is 0 Å². The van der Waals surface area contributed by atoms with Crippen molar-refractivity contribution in [3.63, 3.8) is 0 Å². The van der Waals surface area contributed by atoms with Crippen molar-refractivity contribution in [1.29, 1.82) is 0 Å². The Hall–Kier alpha value is -1.77. The molecule has 0 amide bonds. The van der Waals surface area contributed by atoms with Gasteiger partial charge in [-0.25, -0.2) is 4.79 Å². The van der Waals surface area contributed by atoms with Crippen molar-refractivity contribution in [2.45, 2.75) is 40.0 Å². The first-order valence-corrected chi connectivity index (χ1v) is 7.77. The van der Waals surface area contributed by atoms with Crippen LogP contribution >= 0.6 is 0 Å². The van der Waals surface area contributed by atoms with Gasteiger partial charge >= 0.3 is 5.97 Å². The fourth-order valence-electron chi connectivity index (χ4n) is 2.06. The summed E-state index contributed by atoms with van der Waals surface area (Å²) < 4.78 is 10.7. The molecule has 3 nitrogen and oxygen atoms in total. The smallest absolute Gasteiger partial charge is 0.330 e. The van der Waals surface area contributed by atoms with Crippen LogP contribution in [0.25, 0.3) is 6.08 Å². The summed E-state index contributed by atoms with van der Waals surface area (Å²) in [5.74, 6) is 1.18. The summed E-state index contributed by atoms with van der Waals surface area (Å²) in [6, 6.07) is 7.74. The van der Waals surface area contributed by atoms with E-state index < -0.39 is 0 Å². The maximum absolute atomic E-state index is 11.2. The maximum atomic E-state index is 11.2. The molecule has 0 bridgehead atoms. The minimum atomic E-state index is -0.317. The zero-order valence-corrected chi connectivity index (χ0v) is 13.3. The van der Waals surface area contributed by atoms with E-state index in [9.17, 15) is 4.79 Å². The molecule has 116 valence electrons. The summed E-state index contributed by atoms with van der Waals surface area (Å²) in [7, 11) is 0. The molecular formula is C18H26O3. The second-order valence-corrected chi connectivity index (χ2v) is 5.03. The first kappa shape index (κ1) is 17.3. The number of ether oxygens (including phenoxy) is 2. The summed E-state index contributed by atoms with van der Waals surface area (Å²) in [5, 5.41) is 0. The second-order valence-electron chi connectivity index (χ2n) is 5.03. The van der Waals surface area contributed by atoms with Gasteiger partial charge in [-0.2, -0.15) is 0 Å². The molecule has 0 aliphatic rings. The molecule has 21 heavy (non-hydrogen) atoms. The predicted octanol–water partition coefficient (Wildman–Crippen LogP) is 4.47. The van der Waals surface area contributed by atoms with E-state index in [0.29, 0.717) is 12.5 Å². The Morgan fingerprint density at radius 2 is 1.90 bits per heavy atom. The van der Waals surface area contributed by atoms with E-state index in [1.807, 2.05) is 24.3 Å². The van der Waals surface area contributed by atoms with Crippen molar-refractivity contribution in [2.24, 2.45) is 5.92 Å². The van der Waals surface area contributed by atoms with Crippen molar-refractivity contribution in [3.05, 3.63) is 35.9 Å². The lowest BCUT2D eigenvalue weighted by Gasteiger charge is -2.15. The van der Waals surface area contributed by atoms with Crippen LogP contribution in [0.1, 0.15) is 45.6 Å². The quantitative estimate of drug-likeness (QED) is 0.497. The van der Waals surface area contributed by atoms with Gasteiger partial charge in [0, 0.05) is 6.08 Å². The third kappa shape index (κ3) is 6.98. The van der Waals surface area contributed by atoms with Gasteiger partial charge < -0.3 is 9.47 Å². The first-order valence-electron chi connectivity index (χ1n) is 7.77. The van der Waals surface area contributed by atoms with E-state index in [2.05, 4.69) is 13.8 Å². The lowest BCUT2D eigenvalue weighted by Crippen LogP contribution is -2.10. The van der Waals surface area contributed by atoms with Crippen LogP contribution in [0, 0.1) is 5.92 Å². The fourth-order valence-corrected chi connectivity index (χ4v) is 2.06. The number of rotatable bonds is 9.